The zero-order valence-corrected chi connectivity index (χ0v) is 15.0. The van der Waals surface area contributed by atoms with E-state index >= 15 is 0 Å². The van der Waals surface area contributed by atoms with Crippen LogP contribution in [-0.4, -0.2) is 27.3 Å². The topological polar surface area (TPSA) is 96.0 Å². The highest BCUT2D eigenvalue weighted by Crippen LogP contribution is 2.47. The number of thioether (sulfide) groups is 1. The third-order valence-corrected chi connectivity index (χ3v) is 5.82. The maximum Gasteiger partial charge on any atom is 0.265 e. The van der Waals surface area contributed by atoms with Crippen molar-refractivity contribution in [3.8, 4) is 0 Å². The summed E-state index contributed by atoms with van der Waals surface area (Å²) in [6.45, 7) is 0.223. The minimum atomic E-state index is -2.01. The maximum atomic E-state index is 13.2. The molecule has 0 radical (unpaired) electrons. The van der Waals surface area contributed by atoms with E-state index in [1.54, 1.807) is 42.5 Å². The van der Waals surface area contributed by atoms with Crippen LogP contribution >= 0.6 is 23.4 Å². The molecule has 0 fully saturated rings. The number of hydrogen-bond acceptors (Lipinski definition) is 5. The molecule has 26 heavy (non-hydrogen) atoms. The van der Waals surface area contributed by atoms with E-state index < -0.39 is 22.7 Å². The monoisotopic (exact) mass is 387 g/mol. The van der Waals surface area contributed by atoms with Crippen LogP contribution in [0.15, 0.2) is 53.5 Å². The molecule has 2 aromatic rings. The Morgan fingerprint density at radius 1 is 1.23 bits per heavy atom. The molecule has 0 aliphatic carbocycles. The lowest BCUT2D eigenvalue weighted by Crippen LogP contribution is -2.49. The van der Waals surface area contributed by atoms with E-state index in [0.29, 0.717) is 16.3 Å². The van der Waals surface area contributed by atoms with Gasteiger partial charge in [-0.1, -0.05) is 53.7 Å². The standard InChI is InChI=1S/C18H14ClN3O3S/c19-11-5-3-4-10(8-11)9-22-13-7-2-1-6-12(13)18(25,16(22)24)14-15(23)21-17(20)26-14/h1-8,14,25H,9H2,(H2,20,21,23)/t14-,18-/m0/s1. The van der Waals surface area contributed by atoms with Crippen LogP contribution in [0.1, 0.15) is 11.1 Å². The number of benzene rings is 2. The van der Waals surface area contributed by atoms with Crippen molar-refractivity contribution in [1.29, 1.82) is 0 Å². The first-order valence-electron chi connectivity index (χ1n) is 7.84. The third kappa shape index (κ3) is 2.51. The minimum Gasteiger partial charge on any atom is -0.378 e. The van der Waals surface area contributed by atoms with Gasteiger partial charge >= 0.3 is 0 Å². The second-order valence-corrected chi connectivity index (χ2v) is 7.65. The summed E-state index contributed by atoms with van der Waals surface area (Å²) in [5.41, 5.74) is 5.35. The molecular weight excluding hydrogens is 374 g/mol. The summed E-state index contributed by atoms with van der Waals surface area (Å²) in [5, 5.41) is 10.8. The molecule has 8 heteroatoms. The minimum absolute atomic E-state index is 0.0481. The third-order valence-electron chi connectivity index (χ3n) is 4.47. The molecule has 2 aliphatic rings. The number of anilines is 1. The van der Waals surface area contributed by atoms with Gasteiger partial charge in [-0.15, -0.1) is 0 Å². The number of hydrogen-bond donors (Lipinski definition) is 2. The fourth-order valence-corrected chi connectivity index (χ4v) is 4.47. The maximum absolute atomic E-state index is 13.2. The van der Waals surface area contributed by atoms with Gasteiger partial charge in [0.1, 0.15) is 5.25 Å². The smallest absolute Gasteiger partial charge is 0.265 e. The van der Waals surface area contributed by atoms with Gasteiger partial charge in [0.2, 0.25) is 0 Å². The number of amidine groups is 1. The zero-order valence-electron chi connectivity index (χ0n) is 13.4. The first-order chi connectivity index (χ1) is 12.4. The highest BCUT2D eigenvalue weighted by atomic mass is 35.5. The van der Waals surface area contributed by atoms with Gasteiger partial charge in [-0.25, -0.2) is 0 Å². The second kappa shape index (κ2) is 6.12. The summed E-state index contributed by atoms with van der Waals surface area (Å²) in [5.74, 6) is -1.18. The van der Waals surface area contributed by atoms with Crippen LogP contribution in [0, 0.1) is 0 Å². The normalized spacial score (nSPS) is 24.8. The Hall–Kier alpha value is -2.35. The summed E-state index contributed by atoms with van der Waals surface area (Å²) in [6.07, 6.45) is 0. The molecule has 2 aliphatic heterocycles. The number of carbonyl (C=O) groups is 2. The predicted octanol–water partition coefficient (Wildman–Crippen LogP) is 2.03. The predicted molar refractivity (Wildman–Crippen MR) is 101 cm³/mol. The van der Waals surface area contributed by atoms with E-state index in [1.165, 1.54) is 4.90 Å². The zero-order chi connectivity index (χ0) is 18.5. The SMILES string of the molecule is NC1=NC(=O)[C@@H]([C@]2(O)C(=O)N(Cc3cccc(Cl)c3)c3ccccc32)S1. The number of aliphatic imine (C=N–C) groups is 1. The molecule has 0 saturated carbocycles. The first kappa shape index (κ1) is 17.1. The summed E-state index contributed by atoms with van der Waals surface area (Å²) in [7, 11) is 0. The summed E-state index contributed by atoms with van der Waals surface area (Å²) >= 11 is 6.94. The fourth-order valence-electron chi connectivity index (χ4n) is 3.32. The number of carbonyl (C=O) groups excluding carboxylic acids is 2. The molecule has 0 unspecified atom stereocenters. The van der Waals surface area contributed by atoms with Gasteiger partial charge < -0.3 is 15.7 Å². The molecule has 2 amide bonds. The Balaban J connectivity index is 1.77. The average molecular weight is 388 g/mol. The molecule has 2 aromatic carbocycles. The molecule has 132 valence electrons. The number of nitrogens with two attached hydrogens (primary N) is 1. The van der Waals surface area contributed by atoms with Crippen molar-refractivity contribution in [3.63, 3.8) is 0 Å². The van der Waals surface area contributed by atoms with E-state index in [1.807, 2.05) is 6.07 Å². The summed E-state index contributed by atoms with van der Waals surface area (Å²) in [6, 6.07) is 14.0. The van der Waals surface area contributed by atoms with Gasteiger partial charge in [0.25, 0.3) is 11.8 Å². The van der Waals surface area contributed by atoms with Gasteiger partial charge in [0.05, 0.1) is 12.2 Å². The molecular formula is C18H14ClN3O3S. The van der Waals surface area contributed by atoms with Gasteiger partial charge in [-0.3, -0.25) is 9.59 Å². The molecule has 0 bridgehead atoms. The van der Waals surface area contributed by atoms with Crippen molar-refractivity contribution in [2.45, 2.75) is 17.4 Å². The van der Waals surface area contributed by atoms with Crippen LogP contribution in [-0.2, 0) is 21.7 Å². The van der Waals surface area contributed by atoms with Crippen LogP contribution < -0.4 is 10.6 Å². The van der Waals surface area contributed by atoms with Crippen molar-refractivity contribution >= 4 is 46.0 Å². The van der Waals surface area contributed by atoms with Crippen molar-refractivity contribution in [1.82, 2.24) is 0 Å². The number of para-hydroxylation sites is 1. The molecule has 0 saturated heterocycles. The van der Waals surface area contributed by atoms with E-state index in [0.717, 1.165) is 17.3 Å². The lowest BCUT2D eigenvalue weighted by atomic mass is 9.91. The molecule has 0 aromatic heterocycles. The molecule has 2 heterocycles. The Morgan fingerprint density at radius 3 is 2.69 bits per heavy atom. The number of amides is 2. The molecule has 0 spiro atoms. The first-order valence-corrected chi connectivity index (χ1v) is 9.10. The van der Waals surface area contributed by atoms with E-state index in [2.05, 4.69) is 4.99 Å². The molecule has 6 nitrogen and oxygen atoms in total. The van der Waals surface area contributed by atoms with Crippen molar-refractivity contribution in [3.05, 3.63) is 64.7 Å². The lowest BCUT2D eigenvalue weighted by Gasteiger charge is -2.26. The van der Waals surface area contributed by atoms with Gasteiger partial charge in [0, 0.05) is 10.6 Å². The van der Waals surface area contributed by atoms with E-state index in [-0.39, 0.29) is 11.7 Å². The van der Waals surface area contributed by atoms with Gasteiger partial charge in [-0.2, -0.15) is 4.99 Å². The lowest BCUT2D eigenvalue weighted by molar-refractivity contribution is -0.140. The summed E-state index contributed by atoms with van der Waals surface area (Å²) < 4.78 is 0. The quantitative estimate of drug-likeness (QED) is 0.840. The van der Waals surface area contributed by atoms with Crippen LogP contribution in [0.25, 0.3) is 0 Å². The Bertz CT molecular complexity index is 964. The molecule has 2 atom stereocenters. The van der Waals surface area contributed by atoms with Crippen molar-refractivity contribution in [2.24, 2.45) is 10.7 Å². The second-order valence-electron chi connectivity index (χ2n) is 6.09. The van der Waals surface area contributed by atoms with Crippen molar-refractivity contribution < 1.29 is 14.7 Å². The van der Waals surface area contributed by atoms with Gasteiger partial charge in [0.15, 0.2) is 10.8 Å². The number of nitrogens with zero attached hydrogens (tertiary/aromatic N) is 2. The van der Waals surface area contributed by atoms with Crippen LogP contribution in [0.4, 0.5) is 5.69 Å². The van der Waals surface area contributed by atoms with Crippen LogP contribution in [0.5, 0.6) is 0 Å². The van der Waals surface area contributed by atoms with E-state index in [4.69, 9.17) is 17.3 Å². The van der Waals surface area contributed by atoms with E-state index in [9.17, 15) is 14.7 Å². The highest BCUT2D eigenvalue weighted by Gasteiger charge is 2.59. The van der Waals surface area contributed by atoms with Crippen LogP contribution in [0.2, 0.25) is 5.02 Å². The highest BCUT2D eigenvalue weighted by molar-refractivity contribution is 8.15. The van der Waals surface area contributed by atoms with Crippen molar-refractivity contribution in [2.75, 3.05) is 4.90 Å². The molecule has 3 N–H and O–H groups in total. The average Bonchev–Trinajstić information content (AvgIpc) is 3.06. The van der Waals surface area contributed by atoms with Gasteiger partial charge in [-0.05, 0) is 23.8 Å². The van der Waals surface area contributed by atoms with Crippen LogP contribution in [0.3, 0.4) is 0 Å². The Kier molecular flexibility index (Phi) is 4.02. The fraction of sp³-hybridized carbons (Fsp3) is 0.167. The number of fused-ring (bicyclic) bond motifs is 1. The summed E-state index contributed by atoms with van der Waals surface area (Å²) in [4.78, 5) is 30.5. The number of halogens is 1. The number of aliphatic hydroxyl groups is 1. The molecule has 4 rings (SSSR count). The Labute approximate surface area is 158 Å². The largest absolute Gasteiger partial charge is 0.378 e. The Morgan fingerprint density at radius 2 is 2.00 bits per heavy atom. The number of rotatable bonds is 3.